The lowest BCUT2D eigenvalue weighted by molar-refractivity contribution is 0.309. The quantitative estimate of drug-likeness (QED) is 0.774. The molecule has 0 N–H and O–H groups in total. The Morgan fingerprint density at radius 1 is 1.00 bits per heavy atom. The van der Waals surface area contributed by atoms with Crippen LogP contribution in [0.1, 0.15) is 29.7 Å². The maximum absolute atomic E-state index is 12.8. The van der Waals surface area contributed by atoms with Crippen LogP contribution in [0.5, 0.6) is 0 Å². The molecule has 140 valence electrons. The highest BCUT2D eigenvalue weighted by Gasteiger charge is 2.43. The predicted molar refractivity (Wildman–Crippen MR) is 97.0 cm³/mol. The number of hydrogen-bond acceptors (Lipinski definition) is 5. The highest BCUT2D eigenvalue weighted by Crippen LogP contribution is 2.30. The first-order valence-electron chi connectivity index (χ1n) is 8.72. The molecular formula is C18H21NO5S2. The Kier molecular flexibility index (Phi) is 4.45. The molecule has 0 spiro atoms. The van der Waals surface area contributed by atoms with Crippen LogP contribution < -0.4 is 0 Å². The number of hydrogen-bond donors (Lipinski definition) is 0. The van der Waals surface area contributed by atoms with Crippen molar-refractivity contribution in [2.45, 2.75) is 41.6 Å². The number of sulfone groups is 1. The number of benzene rings is 1. The molecule has 1 aliphatic heterocycles. The van der Waals surface area contributed by atoms with Crippen molar-refractivity contribution in [2.75, 3.05) is 13.1 Å². The third-order valence-electron chi connectivity index (χ3n) is 5.20. The second-order valence-corrected chi connectivity index (χ2v) is 11.2. The van der Waals surface area contributed by atoms with Crippen LogP contribution in [-0.2, 0) is 38.5 Å². The van der Waals surface area contributed by atoms with Gasteiger partial charge in [-0.05, 0) is 61.1 Å². The highest BCUT2D eigenvalue weighted by atomic mass is 32.2. The maximum atomic E-state index is 12.8. The summed E-state index contributed by atoms with van der Waals surface area (Å²) in [6, 6.07) is 8.54. The van der Waals surface area contributed by atoms with Gasteiger partial charge in [-0.3, -0.25) is 0 Å². The van der Waals surface area contributed by atoms with Gasteiger partial charge in [-0.25, -0.2) is 16.8 Å². The number of sulfonamides is 1. The molecule has 2 aliphatic rings. The zero-order valence-corrected chi connectivity index (χ0v) is 15.9. The summed E-state index contributed by atoms with van der Waals surface area (Å²) in [4.78, 5) is 0.264. The lowest BCUT2D eigenvalue weighted by Crippen LogP contribution is -2.56. The van der Waals surface area contributed by atoms with Crippen molar-refractivity contribution in [1.82, 2.24) is 4.31 Å². The first-order chi connectivity index (χ1) is 12.4. The molecule has 1 aromatic carbocycles. The summed E-state index contributed by atoms with van der Waals surface area (Å²) in [5.74, 6) is 0.179. The monoisotopic (exact) mass is 395 g/mol. The van der Waals surface area contributed by atoms with E-state index in [1.54, 1.807) is 24.3 Å². The van der Waals surface area contributed by atoms with Gasteiger partial charge in [-0.15, -0.1) is 0 Å². The van der Waals surface area contributed by atoms with Gasteiger partial charge in [0.05, 0.1) is 16.4 Å². The van der Waals surface area contributed by atoms with Crippen LogP contribution >= 0.6 is 0 Å². The molecule has 8 heteroatoms. The fraction of sp³-hybridized carbons (Fsp3) is 0.444. The van der Waals surface area contributed by atoms with E-state index in [4.69, 9.17) is 4.42 Å². The van der Waals surface area contributed by atoms with E-state index in [9.17, 15) is 16.8 Å². The van der Waals surface area contributed by atoms with Crippen LogP contribution in [0.2, 0.25) is 0 Å². The predicted octanol–water partition coefficient (Wildman–Crippen LogP) is 2.15. The molecule has 1 aromatic heterocycles. The summed E-state index contributed by atoms with van der Waals surface area (Å²) >= 11 is 0. The Labute approximate surface area is 153 Å². The third kappa shape index (κ3) is 3.21. The smallest absolute Gasteiger partial charge is 0.243 e. The molecule has 0 radical (unpaired) electrons. The third-order valence-corrected chi connectivity index (χ3v) is 9.03. The molecule has 2 aromatic rings. The minimum Gasteiger partial charge on any atom is -0.468 e. The van der Waals surface area contributed by atoms with Gasteiger partial charge in [0.1, 0.15) is 11.5 Å². The number of rotatable bonds is 5. The molecule has 4 rings (SSSR count). The molecule has 0 unspecified atom stereocenters. The number of fused-ring (bicyclic) bond motifs is 1. The molecule has 1 aliphatic carbocycles. The normalized spacial score (nSPS) is 19.1. The Hall–Kier alpha value is -1.64. The van der Waals surface area contributed by atoms with Crippen molar-refractivity contribution in [3.05, 3.63) is 53.5 Å². The summed E-state index contributed by atoms with van der Waals surface area (Å²) in [6.45, 7) is 0.00488. The Morgan fingerprint density at radius 3 is 2.42 bits per heavy atom. The fourth-order valence-electron chi connectivity index (χ4n) is 3.55. The first kappa shape index (κ1) is 17.8. The fourth-order valence-corrected chi connectivity index (χ4v) is 6.94. The van der Waals surface area contributed by atoms with Crippen molar-refractivity contribution in [2.24, 2.45) is 0 Å². The van der Waals surface area contributed by atoms with E-state index in [-0.39, 0.29) is 23.7 Å². The Balaban J connectivity index is 1.47. The van der Waals surface area contributed by atoms with Crippen LogP contribution in [0, 0.1) is 0 Å². The highest BCUT2D eigenvalue weighted by molar-refractivity contribution is 7.92. The molecule has 0 amide bonds. The van der Waals surface area contributed by atoms with Gasteiger partial charge < -0.3 is 4.42 Å². The van der Waals surface area contributed by atoms with E-state index in [1.807, 2.05) is 6.07 Å². The van der Waals surface area contributed by atoms with Crippen molar-refractivity contribution < 1.29 is 21.3 Å². The van der Waals surface area contributed by atoms with Crippen LogP contribution in [0.15, 0.2) is 45.9 Å². The van der Waals surface area contributed by atoms with Gasteiger partial charge in [0.15, 0.2) is 9.84 Å². The first-order valence-corrected chi connectivity index (χ1v) is 11.9. The molecular weight excluding hydrogens is 374 g/mol. The summed E-state index contributed by atoms with van der Waals surface area (Å²) in [5.41, 5.74) is 2.32. The standard InChI is InChI=1S/C18H21NO5S2/c20-25(21,13-16-6-3-9-24-16)18-11-19(12-18)26(22,23)17-8-7-14-4-1-2-5-15(14)10-17/h3,6-10,18H,1-2,4-5,11-13H2. The van der Waals surface area contributed by atoms with Gasteiger partial charge in [0.2, 0.25) is 10.0 Å². The van der Waals surface area contributed by atoms with E-state index in [1.165, 1.54) is 16.1 Å². The Morgan fingerprint density at radius 2 is 1.73 bits per heavy atom. The largest absolute Gasteiger partial charge is 0.468 e. The summed E-state index contributed by atoms with van der Waals surface area (Å²) in [5, 5.41) is -0.681. The lowest BCUT2D eigenvalue weighted by Gasteiger charge is -2.37. The van der Waals surface area contributed by atoms with E-state index in [0.717, 1.165) is 31.2 Å². The van der Waals surface area contributed by atoms with E-state index >= 15 is 0 Å². The van der Waals surface area contributed by atoms with Gasteiger partial charge in [0.25, 0.3) is 0 Å². The summed E-state index contributed by atoms with van der Waals surface area (Å²) in [6.07, 6.45) is 5.54. The van der Waals surface area contributed by atoms with E-state index < -0.39 is 25.1 Å². The van der Waals surface area contributed by atoms with Crippen molar-refractivity contribution in [3.63, 3.8) is 0 Å². The number of furan rings is 1. The zero-order valence-electron chi connectivity index (χ0n) is 14.3. The lowest BCUT2D eigenvalue weighted by atomic mass is 9.92. The van der Waals surface area contributed by atoms with Crippen LogP contribution in [-0.4, -0.2) is 39.5 Å². The summed E-state index contributed by atoms with van der Waals surface area (Å²) < 4.78 is 56.7. The van der Waals surface area contributed by atoms with Crippen LogP contribution in [0.25, 0.3) is 0 Å². The topological polar surface area (TPSA) is 84.7 Å². The molecule has 26 heavy (non-hydrogen) atoms. The molecule has 2 heterocycles. The van der Waals surface area contributed by atoms with Gasteiger partial charge in [0, 0.05) is 13.1 Å². The molecule has 1 fully saturated rings. The minimum absolute atomic E-state index is 0.00244. The number of aryl methyl sites for hydroxylation is 2. The SMILES string of the molecule is O=S(=O)(Cc1ccco1)C1CN(S(=O)(=O)c2ccc3c(c2)CCCC3)C1. The van der Waals surface area contributed by atoms with Crippen molar-refractivity contribution in [3.8, 4) is 0 Å². The van der Waals surface area contributed by atoms with E-state index in [0.29, 0.717) is 5.76 Å². The minimum atomic E-state index is -3.65. The molecule has 0 saturated carbocycles. The summed E-state index contributed by atoms with van der Waals surface area (Å²) in [7, 11) is -7.08. The molecule has 1 saturated heterocycles. The van der Waals surface area contributed by atoms with Crippen LogP contribution in [0.4, 0.5) is 0 Å². The second kappa shape index (κ2) is 6.51. The van der Waals surface area contributed by atoms with Crippen LogP contribution in [0.3, 0.4) is 0 Å². The Bertz CT molecular complexity index is 1000. The molecule has 0 bridgehead atoms. The van der Waals surface area contributed by atoms with E-state index in [2.05, 4.69) is 0 Å². The average molecular weight is 396 g/mol. The zero-order chi connectivity index (χ0) is 18.4. The van der Waals surface area contributed by atoms with Gasteiger partial charge >= 0.3 is 0 Å². The number of nitrogens with zero attached hydrogens (tertiary/aromatic N) is 1. The molecule has 0 atom stereocenters. The average Bonchev–Trinajstić information content (AvgIpc) is 3.04. The van der Waals surface area contributed by atoms with Crippen molar-refractivity contribution >= 4 is 19.9 Å². The van der Waals surface area contributed by atoms with Gasteiger partial charge in [-0.2, -0.15) is 4.31 Å². The second-order valence-electron chi connectivity index (χ2n) is 6.97. The van der Waals surface area contributed by atoms with Crippen molar-refractivity contribution in [1.29, 1.82) is 0 Å². The molecule has 6 nitrogen and oxygen atoms in total. The van der Waals surface area contributed by atoms with Gasteiger partial charge in [-0.1, -0.05) is 6.07 Å². The maximum Gasteiger partial charge on any atom is 0.243 e.